The Bertz CT molecular complexity index is 275. The first-order chi connectivity index (χ1) is 8.67. The summed E-state index contributed by atoms with van der Waals surface area (Å²) in [4.78, 5) is 2.48. The Morgan fingerprint density at radius 1 is 1.33 bits per heavy atom. The van der Waals surface area contributed by atoms with Gasteiger partial charge in [-0.3, -0.25) is 4.90 Å². The molecule has 0 spiro atoms. The van der Waals surface area contributed by atoms with Gasteiger partial charge in [-0.25, -0.2) is 0 Å². The Kier molecular flexibility index (Phi) is 7.29. The summed E-state index contributed by atoms with van der Waals surface area (Å²) in [6.45, 7) is 13.6. The maximum Gasteiger partial charge on any atom is 0.130 e. The van der Waals surface area contributed by atoms with E-state index in [0.29, 0.717) is 0 Å². The third-order valence-corrected chi connectivity index (χ3v) is 3.30. The highest BCUT2D eigenvalue weighted by molar-refractivity contribution is 5.17. The standard InChI is InChI=1S/C16H29NO/c1-5-7-9-17(10-8-6-2)16-12-15(13-18-16)11-14(3)4/h12,16H,3,5-11,13H2,1-2,4H3. The molecule has 18 heavy (non-hydrogen) atoms. The van der Waals surface area contributed by atoms with Crippen LogP contribution in [0, 0.1) is 0 Å². The minimum absolute atomic E-state index is 0.206. The number of hydrogen-bond acceptors (Lipinski definition) is 2. The van der Waals surface area contributed by atoms with E-state index < -0.39 is 0 Å². The monoisotopic (exact) mass is 251 g/mol. The Labute approximate surface area is 113 Å². The minimum atomic E-state index is 0.206. The van der Waals surface area contributed by atoms with Crippen LogP contribution in [0.4, 0.5) is 0 Å². The zero-order chi connectivity index (χ0) is 13.4. The smallest absolute Gasteiger partial charge is 0.130 e. The van der Waals surface area contributed by atoms with Gasteiger partial charge in [-0.2, -0.15) is 0 Å². The van der Waals surface area contributed by atoms with E-state index in [9.17, 15) is 0 Å². The van der Waals surface area contributed by atoms with Crippen molar-refractivity contribution in [1.82, 2.24) is 4.90 Å². The quantitative estimate of drug-likeness (QED) is 0.571. The van der Waals surface area contributed by atoms with Crippen LogP contribution in [-0.4, -0.2) is 30.8 Å². The number of rotatable bonds is 9. The van der Waals surface area contributed by atoms with Gasteiger partial charge in [0.2, 0.25) is 0 Å². The summed E-state index contributed by atoms with van der Waals surface area (Å²) in [7, 11) is 0. The van der Waals surface area contributed by atoms with Crippen molar-refractivity contribution < 1.29 is 4.74 Å². The van der Waals surface area contributed by atoms with Crippen molar-refractivity contribution in [2.75, 3.05) is 19.7 Å². The van der Waals surface area contributed by atoms with Crippen LogP contribution >= 0.6 is 0 Å². The van der Waals surface area contributed by atoms with Crippen molar-refractivity contribution in [3.05, 3.63) is 23.8 Å². The predicted molar refractivity (Wildman–Crippen MR) is 78.6 cm³/mol. The summed E-state index contributed by atoms with van der Waals surface area (Å²) in [6.07, 6.45) is 8.51. The Hall–Kier alpha value is -0.600. The molecule has 0 saturated carbocycles. The number of allylic oxidation sites excluding steroid dienone is 1. The first kappa shape index (κ1) is 15.5. The molecule has 1 rings (SSSR count). The van der Waals surface area contributed by atoms with Crippen LogP contribution in [0.2, 0.25) is 0 Å². The molecule has 104 valence electrons. The van der Waals surface area contributed by atoms with Gasteiger partial charge in [0.1, 0.15) is 6.23 Å². The van der Waals surface area contributed by atoms with Gasteiger partial charge in [0.15, 0.2) is 0 Å². The predicted octanol–water partition coefficient (Wildman–Crippen LogP) is 4.14. The average Bonchev–Trinajstić information content (AvgIpc) is 2.77. The SMILES string of the molecule is C=C(C)CC1=CC(N(CCCC)CCCC)OC1. The molecule has 1 heterocycles. The molecular weight excluding hydrogens is 222 g/mol. The lowest BCUT2D eigenvalue weighted by Crippen LogP contribution is -2.35. The van der Waals surface area contributed by atoms with E-state index in [1.54, 1.807) is 0 Å². The van der Waals surface area contributed by atoms with Crippen LogP contribution in [-0.2, 0) is 4.74 Å². The highest BCUT2D eigenvalue weighted by atomic mass is 16.5. The van der Waals surface area contributed by atoms with Gasteiger partial charge in [0.05, 0.1) is 6.61 Å². The summed E-state index contributed by atoms with van der Waals surface area (Å²) in [5.74, 6) is 0. The summed E-state index contributed by atoms with van der Waals surface area (Å²) < 4.78 is 5.91. The van der Waals surface area contributed by atoms with Crippen molar-refractivity contribution in [2.24, 2.45) is 0 Å². The number of unbranched alkanes of at least 4 members (excludes halogenated alkanes) is 2. The second-order valence-electron chi connectivity index (χ2n) is 5.40. The summed E-state index contributed by atoms with van der Waals surface area (Å²) >= 11 is 0. The Morgan fingerprint density at radius 3 is 2.44 bits per heavy atom. The average molecular weight is 251 g/mol. The Morgan fingerprint density at radius 2 is 1.94 bits per heavy atom. The van der Waals surface area contributed by atoms with Crippen LogP contribution in [0.25, 0.3) is 0 Å². The minimum Gasteiger partial charge on any atom is -0.355 e. The van der Waals surface area contributed by atoms with Crippen molar-refractivity contribution in [3.8, 4) is 0 Å². The Balaban J connectivity index is 2.51. The molecule has 0 aromatic carbocycles. The van der Waals surface area contributed by atoms with E-state index in [-0.39, 0.29) is 6.23 Å². The first-order valence-electron chi connectivity index (χ1n) is 7.37. The zero-order valence-corrected chi connectivity index (χ0v) is 12.4. The van der Waals surface area contributed by atoms with Gasteiger partial charge in [-0.15, -0.1) is 0 Å². The second kappa shape index (κ2) is 8.49. The molecule has 0 aliphatic carbocycles. The summed E-state index contributed by atoms with van der Waals surface area (Å²) in [5, 5.41) is 0. The molecule has 1 aliphatic rings. The van der Waals surface area contributed by atoms with Gasteiger partial charge in [0, 0.05) is 13.1 Å². The molecule has 0 aromatic heterocycles. The maximum absolute atomic E-state index is 5.91. The summed E-state index contributed by atoms with van der Waals surface area (Å²) in [5.41, 5.74) is 2.62. The third kappa shape index (κ3) is 5.36. The van der Waals surface area contributed by atoms with Gasteiger partial charge in [-0.1, -0.05) is 38.8 Å². The van der Waals surface area contributed by atoms with Crippen molar-refractivity contribution in [2.45, 2.75) is 59.1 Å². The van der Waals surface area contributed by atoms with E-state index in [4.69, 9.17) is 4.74 Å². The van der Waals surface area contributed by atoms with Crippen LogP contribution in [0.5, 0.6) is 0 Å². The second-order valence-corrected chi connectivity index (χ2v) is 5.40. The largest absolute Gasteiger partial charge is 0.355 e. The highest BCUT2D eigenvalue weighted by Crippen LogP contribution is 2.21. The van der Waals surface area contributed by atoms with E-state index in [1.807, 2.05) is 0 Å². The lowest BCUT2D eigenvalue weighted by atomic mass is 10.1. The molecule has 2 heteroatoms. The van der Waals surface area contributed by atoms with Crippen molar-refractivity contribution in [3.63, 3.8) is 0 Å². The topological polar surface area (TPSA) is 12.5 Å². The van der Waals surface area contributed by atoms with Crippen molar-refractivity contribution >= 4 is 0 Å². The van der Waals surface area contributed by atoms with Crippen LogP contribution in [0.15, 0.2) is 23.8 Å². The molecule has 0 bridgehead atoms. The fourth-order valence-electron chi connectivity index (χ4n) is 2.29. The number of ether oxygens (including phenoxy) is 1. The molecule has 0 fully saturated rings. The fourth-order valence-corrected chi connectivity index (χ4v) is 2.29. The molecular formula is C16H29NO. The lowest BCUT2D eigenvalue weighted by molar-refractivity contribution is -0.00409. The van der Waals surface area contributed by atoms with Gasteiger partial charge >= 0.3 is 0 Å². The van der Waals surface area contributed by atoms with Crippen molar-refractivity contribution in [1.29, 1.82) is 0 Å². The van der Waals surface area contributed by atoms with Crippen LogP contribution in [0.1, 0.15) is 52.9 Å². The number of nitrogens with zero attached hydrogens (tertiary/aromatic N) is 1. The zero-order valence-electron chi connectivity index (χ0n) is 12.4. The molecule has 2 nitrogen and oxygen atoms in total. The molecule has 0 aromatic rings. The molecule has 0 N–H and O–H groups in total. The van der Waals surface area contributed by atoms with Gasteiger partial charge < -0.3 is 4.74 Å². The van der Waals surface area contributed by atoms with E-state index >= 15 is 0 Å². The maximum atomic E-state index is 5.91. The highest BCUT2D eigenvalue weighted by Gasteiger charge is 2.22. The first-order valence-corrected chi connectivity index (χ1v) is 7.37. The third-order valence-electron chi connectivity index (χ3n) is 3.30. The van der Waals surface area contributed by atoms with Gasteiger partial charge in [0.25, 0.3) is 0 Å². The molecule has 0 saturated heterocycles. The van der Waals surface area contributed by atoms with Crippen LogP contribution in [0.3, 0.4) is 0 Å². The van der Waals surface area contributed by atoms with E-state index in [1.165, 1.54) is 36.8 Å². The number of hydrogen-bond donors (Lipinski definition) is 0. The molecule has 1 atom stereocenters. The molecule has 0 amide bonds. The van der Waals surface area contributed by atoms with Gasteiger partial charge in [-0.05, 0) is 37.8 Å². The van der Waals surface area contributed by atoms with Crippen LogP contribution < -0.4 is 0 Å². The van der Waals surface area contributed by atoms with E-state index in [2.05, 4.69) is 38.3 Å². The van der Waals surface area contributed by atoms with E-state index in [0.717, 1.165) is 26.1 Å². The molecule has 0 radical (unpaired) electrons. The molecule has 1 aliphatic heterocycles. The molecule has 1 unspecified atom stereocenters. The fraction of sp³-hybridized carbons (Fsp3) is 0.750. The lowest BCUT2D eigenvalue weighted by Gasteiger charge is -2.26. The normalized spacial score (nSPS) is 19.3. The summed E-state index contributed by atoms with van der Waals surface area (Å²) in [6, 6.07) is 0.